The fourth-order valence-corrected chi connectivity index (χ4v) is 2.54. The lowest BCUT2D eigenvalue weighted by molar-refractivity contribution is -0.119. The minimum Gasteiger partial charge on any atom is -0.343 e. The van der Waals surface area contributed by atoms with Crippen LogP contribution in [0.1, 0.15) is 12.8 Å². The topological polar surface area (TPSA) is 49.3 Å². The van der Waals surface area contributed by atoms with Gasteiger partial charge in [0.05, 0.1) is 6.20 Å². The van der Waals surface area contributed by atoms with E-state index in [0.29, 0.717) is 0 Å². The van der Waals surface area contributed by atoms with Crippen LogP contribution in [0.4, 0.5) is 11.5 Å². The van der Waals surface area contributed by atoms with Crippen LogP contribution in [0.2, 0.25) is 5.28 Å². The second-order valence-corrected chi connectivity index (χ2v) is 4.43. The number of fused-ring (bicyclic) bond motifs is 3. The summed E-state index contributed by atoms with van der Waals surface area (Å²) in [6.45, 7) is 0.866. The number of hydrogen-bond donors (Lipinski definition) is 0. The van der Waals surface area contributed by atoms with E-state index in [1.54, 1.807) is 18.1 Å². The van der Waals surface area contributed by atoms with Gasteiger partial charge in [-0.05, 0) is 24.4 Å². The van der Waals surface area contributed by atoms with Crippen molar-refractivity contribution in [2.24, 2.45) is 0 Å². The van der Waals surface area contributed by atoms with Crippen molar-refractivity contribution in [3.8, 4) is 0 Å². The van der Waals surface area contributed by atoms with Crippen LogP contribution in [0.15, 0.2) is 6.20 Å². The SMILES string of the molecule is CN1C(=O)[C@@H]2CCCN2c2nc(Cl)ncc21. The zero-order valence-corrected chi connectivity index (χ0v) is 9.61. The van der Waals surface area contributed by atoms with Gasteiger partial charge in [0, 0.05) is 13.6 Å². The van der Waals surface area contributed by atoms with E-state index in [9.17, 15) is 4.79 Å². The third-order valence-corrected chi connectivity index (χ3v) is 3.40. The molecule has 0 saturated carbocycles. The van der Waals surface area contributed by atoms with E-state index < -0.39 is 0 Å². The average Bonchev–Trinajstić information content (AvgIpc) is 2.75. The van der Waals surface area contributed by atoms with Gasteiger partial charge in [0.15, 0.2) is 5.82 Å². The second-order valence-electron chi connectivity index (χ2n) is 4.10. The molecular formula is C10H11ClN4O. The largest absolute Gasteiger partial charge is 0.343 e. The zero-order chi connectivity index (χ0) is 11.3. The Kier molecular flexibility index (Phi) is 2.04. The summed E-state index contributed by atoms with van der Waals surface area (Å²) in [5.41, 5.74) is 0.743. The van der Waals surface area contributed by atoms with E-state index in [0.717, 1.165) is 30.9 Å². The summed E-state index contributed by atoms with van der Waals surface area (Å²) >= 11 is 5.80. The fraction of sp³-hybridized carbons (Fsp3) is 0.500. The highest BCUT2D eigenvalue weighted by atomic mass is 35.5. The summed E-state index contributed by atoms with van der Waals surface area (Å²) in [4.78, 5) is 23.9. The van der Waals surface area contributed by atoms with E-state index in [1.807, 2.05) is 4.90 Å². The number of hydrogen-bond acceptors (Lipinski definition) is 4. The van der Waals surface area contributed by atoms with Gasteiger partial charge < -0.3 is 9.80 Å². The Bertz CT molecular complexity index is 464. The molecule has 0 spiro atoms. The van der Waals surface area contributed by atoms with Crippen LogP contribution < -0.4 is 9.80 Å². The molecular weight excluding hydrogens is 228 g/mol. The monoisotopic (exact) mass is 238 g/mol. The number of nitrogens with zero attached hydrogens (tertiary/aromatic N) is 4. The lowest BCUT2D eigenvalue weighted by Gasteiger charge is -2.36. The van der Waals surface area contributed by atoms with E-state index in [-0.39, 0.29) is 17.2 Å². The fourth-order valence-electron chi connectivity index (χ4n) is 2.41. The van der Waals surface area contributed by atoms with Crippen LogP contribution in [-0.4, -0.2) is 35.5 Å². The summed E-state index contributed by atoms with van der Waals surface area (Å²) in [6.07, 6.45) is 3.52. The molecule has 1 amide bonds. The van der Waals surface area contributed by atoms with Crippen molar-refractivity contribution >= 4 is 29.0 Å². The van der Waals surface area contributed by atoms with Crippen LogP contribution in [-0.2, 0) is 4.79 Å². The summed E-state index contributed by atoms with van der Waals surface area (Å²) in [5.74, 6) is 0.903. The van der Waals surface area contributed by atoms with Gasteiger partial charge in [-0.15, -0.1) is 0 Å². The quantitative estimate of drug-likeness (QED) is 0.635. The van der Waals surface area contributed by atoms with Crippen molar-refractivity contribution in [1.29, 1.82) is 0 Å². The minimum absolute atomic E-state index is 0.0662. The highest BCUT2D eigenvalue weighted by Gasteiger charge is 2.40. The van der Waals surface area contributed by atoms with Gasteiger partial charge in [0.2, 0.25) is 11.2 Å². The highest BCUT2D eigenvalue weighted by molar-refractivity contribution is 6.28. The summed E-state index contributed by atoms with van der Waals surface area (Å²) in [5, 5.41) is 0.229. The number of aromatic nitrogens is 2. The first kappa shape index (κ1) is 9.84. The van der Waals surface area contributed by atoms with Crippen LogP contribution in [0, 0.1) is 0 Å². The van der Waals surface area contributed by atoms with Gasteiger partial charge in [0.25, 0.3) is 0 Å². The van der Waals surface area contributed by atoms with Gasteiger partial charge in [0.1, 0.15) is 11.7 Å². The molecule has 0 unspecified atom stereocenters. The lowest BCUT2D eigenvalue weighted by Crippen LogP contribution is -2.49. The van der Waals surface area contributed by atoms with Crippen LogP contribution >= 0.6 is 11.6 Å². The summed E-state index contributed by atoms with van der Waals surface area (Å²) in [7, 11) is 1.76. The van der Waals surface area contributed by atoms with Crippen molar-refractivity contribution in [2.45, 2.75) is 18.9 Å². The Balaban J connectivity index is 2.17. The van der Waals surface area contributed by atoms with Crippen molar-refractivity contribution in [2.75, 3.05) is 23.4 Å². The Morgan fingerprint density at radius 2 is 2.38 bits per heavy atom. The maximum Gasteiger partial charge on any atom is 0.249 e. The summed E-state index contributed by atoms with van der Waals surface area (Å²) in [6, 6.07) is -0.0662. The Morgan fingerprint density at radius 1 is 1.56 bits per heavy atom. The molecule has 1 aromatic rings. The maximum atomic E-state index is 12.1. The number of carbonyl (C=O) groups excluding carboxylic acids is 1. The second kappa shape index (κ2) is 3.31. The first-order valence-electron chi connectivity index (χ1n) is 5.25. The highest BCUT2D eigenvalue weighted by Crippen LogP contribution is 2.37. The first-order chi connectivity index (χ1) is 7.68. The van der Waals surface area contributed by atoms with Gasteiger partial charge in [-0.3, -0.25) is 4.79 Å². The number of carbonyl (C=O) groups is 1. The number of halogens is 1. The van der Waals surface area contributed by atoms with E-state index in [1.165, 1.54) is 0 Å². The molecule has 0 aliphatic carbocycles. The zero-order valence-electron chi connectivity index (χ0n) is 8.85. The van der Waals surface area contributed by atoms with E-state index in [4.69, 9.17) is 11.6 Å². The van der Waals surface area contributed by atoms with Gasteiger partial charge in [-0.2, -0.15) is 4.98 Å². The van der Waals surface area contributed by atoms with Crippen molar-refractivity contribution < 1.29 is 4.79 Å². The average molecular weight is 239 g/mol. The third kappa shape index (κ3) is 1.21. The first-order valence-corrected chi connectivity index (χ1v) is 5.63. The molecule has 1 aromatic heterocycles. The lowest BCUT2D eigenvalue weighted by atomic mass is 10.1. The van der Waals surface area contributed by atoms with Crippen LogP contribution in [0.25, 0.3) is 0 Å². The number of likely N-dealkylation sites (N-methyl/N-ethyl adjacent to an activating group) is 1. The molecule has 5 nitrogen and oxygen atoms in total. The van der Waals surface area contributed by atoms with Crippen molar-refractivity contribution in [3.63, 3.8) is 0 Å². The minimum atomic E-state index is -0.0662. The molecule has 2 aliphatic rings. The van der Waals surface area contributed by atoms with Gasteiger partial charge >= 0.3 is 0 Å². The smallest absolute Gasteiger partial charge is 0.249 e. The number of anilines is 2. The number of amides is 1. The molecule has 0 radical (unpaired) electrons. The molecule has 0 bridgehead atoms. The Labute approximate surface area is 98.0 Å². The molecule has 3 rings (SSSR count). The molecule has 3 heterocycles. The molecule has 1 saturated heterocycles. The maximum absolute atomic E-state index is 12.1. The molecule has 0 aromatic carbocycles. The van der Waals surface area contributed by atoms with Crippen molar-refractivity contribution in [3.05, 3.63) is 11.5 Å². The molecule has 6 heteroatoms. The third-order valence-electron chi connectivity index (χ3n) is 3.22. The van der Waals surface area contributed by atoms with Crippen molar-refractivity contribution in [1.82, 2.24) is 9.97 Å². The van der Waals surface area contributed by atoms with Gasteiger partial charge in [-0.1, -0.05) is 0 Å². The normalized spacial score (nSPS) is 23.4. The van der Waals surface area contributed by atoms with E-state index >= 15 is 0 Å². The molecule has 1 fully saturated rings. The Morgan fingerprint density at radius 3 is 3.19 bits per heavy atom. The molecule has 2 aliphatic heterocycles. The summed E-state index contributed by atoms with van der Waals surface area (Å²) < 4.78 is 0. The predicted octanol–water partition coefficient (Wildman–Crippen LogP) is 1.08. The molecule has 16 heavy (non-hydrogen) atoms. The van der Waals surface area contributed by atoms with E-state index in [2.05, 4.69) is 9.97 Å². The molecule has 1 atom stereocenters. The number of rotatable bonds is 0. The Hall–Kier alpha value is -1.36. The van der Waals surface area contributed by atoms with Gasteiger partial charge in [-0.25, -0.2) is 4.98 Å². The van der Waals surface area contributed by atoms with Crippen LogP contribution in [0.3, 0.4) is 0 Å². The standard InChI is InChI=1S/C10H11ClN4O/c1-14-7-5-12-10(11)13-8(7)15-4-2-3-6(15)9(14)16/h5-6H,2-4H2,1H3/t6-/m0/s1. The van der Waals surface area contributed by atoms with Crippen LogP contribution in [0.5, 0.6) is 0 Å². The molecule has 84 valence electrons. The molecule has 0 N–H and O–H groups in total. The predicted molar refractivity (Wildman–Crippen MR) is 60.8 cm³/mol.